The van der Waals surface area contributed by atoms with Gasteiger partial charge in [0.05, 0.1) is 5.92 Å². The van der Waals surface area contributed by atoms with E-state index in [-0.39, 0.29) is 11.8 Å². The van der Waals surface area contributed by atoms with Crippen molar-refractivity contribution in [1.29, 1.82) is 0 Å². The molecule has 3 unspecified atom stereocenters. The van der Waals surface area contributed by atoms with E-state index >= 15 is 0 Å². The highest BCUT2D eigenvalue weighted by Crippen LogP contribution is 2.37. The van der Waals surface area contributed by atoms with E-state index in [1.807, 2.05) is 12.1 Å². The number of nitrogens with zero attached hydrogens (tertiary/aromatic N) is 2. The molecular weight excluding hydrogens is 268 g/mol. The van der Waals surface area contributed by atoms with Crippen LogP contribution in [-0.4, -0.2) is 21.2 Å². The van der Waals surface area contributed by atoms with Gasteiger partial charge in [-0.3, -0.25) is 4.79 Å². The molecule has 1 heterocycles. The quantitative estimate of drug-likeness (QED) is 0.935. The summed E-state index contributed by atoms with van der Waals surface area (Å²) in [4.78, 5) is 15.5. The average molecular weight is 286 g/mol. The van der Waals surface area contributed by atoms with Crippen molar-refractivity contribution in [2.24, 2.45) is 5.92 Å². The number of aryl methyl sites for hydroxylation is 1. The maximum atomic E-state index is 11.1. The summed E-state index contributed by atoms with van der Waals surface area (Å²) in [6.45, 7) is 3.46. The van der Waals surface area contributed by atoms with Gasteiger partial charge in [0.1, 0.15) is 0 Å². The van der Waals surface area contributed by atoms with Gasteiger partial charge in [-0.05, 0) is 24.0 Å². The van der Waals surface area contributed by atoms with Gasteiger partial charge < -0.3 is 9.63 Å². The van der Waals surface area contributed by atoms with Gasteiger partial charge in [0, 0.05) is 11.8 Å². The third-order valence-electron chi connectivity index (χ3n) is 4.43. The summed E-state index contributed by atoms with van der Waals surface area (Å²) in [7, 11) is 0. The van der Waals surface area contributed by atoms with Crippen molar-refractivity contribution >= 4 is 5.97 Å². The third-order valence-corrected chi connectivity index (χ3v) is 4.43. The minimum Gasteiger partial charge on any atom is -0.481 e. The van der Waals surface area contributed by atoms with E-state index in [0.29, 0.717) is 11.7 Å². The lowest BCUT2D eigenvalue weighted by molar-refractivity contribution is -0.141. The van der Waals surface area contributed by atoms with Gasteiger partial charge in [0.2, 0.25) is 5.89 Å². The number of aromatic nitrogens is 2. The number of hydrogen-bond acceptors (Lipinski definition) is 4. The van der Waals surface area contributed by atoms with Gasteiger partial charge >= 0.3 is 5.97 Å². The molecule has 0 saturated carbocycles. The van der Waals surface area contributed by atoms with Crippen molar-refractivity contribution in [3.05, 3.63) is 47.1 Å². The summed E-state index contributed by atoms with van der Waals surface area (Å²) >= 11 is 0. The number of carboxylic acid groups (broad SMARTS) is 1. The number of carbonyl (C=O) groups is 1. The molecule has 3 rings (SSSR count). The van der Waals surface area contributed by atoms with Crippen molar-refractivity contribution in [3.8, 4) is 0 Å². The van der Waals surface area contributed by atoms with E-state index < -0.39 is 11.9 Å². The first-order valence-electron chi connectivity index (χ1n) is 7.22. The molecule has 0 fully saturated rings. The van der Waals surface area contributed by atoms with Gasteiger partial charge in [-0.25, -0.2) is 0 Å². The molecular formula is C16H18N2O3. The zero-order valence-electron chi connectivity index (χ0n) is 12.1. The first-order valence-corrected chi connectivity index (χ1v) is 7.22. The fraction of sp³-hybridized carbons (Fsp3) is 0.438. The predicted octanol–water partition coefficient (Wildman–Crippen LogP) is 2.97. The molecule has 0 radical (unpaired) electrons. The average Bonchev–Trinajstić information content (AvgIpc) is 3.11. The monoisotopic (exact) mass is 286 g/mol. The van der Waals surface area contributed by atoms with Gasteiger partial charge in [-0.1, -0.05) is 43.3 Å². The molecule has 0 aliphatic heterocycles. The second kappa shape index (κ2) is 5.31. The maximum Gasteiger partial charge on any atom is 0.307 e. The lowest BCUT2D eigenvalue weighted by Gasteiger charge is -2.10. The van der Waals surface area contributed by atoms with Crippen LogP contribution in [-0.2, 0) is 11.2 Å². The van der Waals surface area contributed by atoms with Crippen molar-refractivity contribution in [2.45, 2.75) is 38.5 Å². The number of fused-ring (bicyclic) bond motifs is 1. The molecule has 1 aliphatic carbocycles. The number of rotatable bonds is 4. The van der Waals surface area contributed by atoms with E-state index in [2.05, 4.69) is 22.3 Å². The van der Waals surface area contributed by atoms with Crippen LogP contribution in [0.25, 0.3) is 0 Å². The molecule has 1 N–H and O–H groups in total. The van der Waals surface area contributed by atoms with Crippen LogP contribution in [0.4, 0.5) is 0 Å². The Balaban J connectivity index is 1.85. The van der Waals surface area contributed by atoms with Crippen LogP contribution in [0.1, 0.15) is 54.9 Å². The summed E-state index contributed by atoms with van der Waals surface area (Å²) in [5, 5.41) is 13.2. The van der Waals surface area contributed by atoms with Crippen LogP contribution >= 0.6 is 0 Å². The molecule has 5 heteroatoms. The zero-order valence-corrected chi connectivity index (χ0v) is 12.1. The van der Waals surface area contributed by atoms with Gasteiger partial charge in [-0.2, -0.15) is 4.98 Å². The molecule has 5 nitrogen and oxygen atoms in total. The second-order valence-corrected chi connectivity index (χ2v) is 5.70. The van der Waals surface area contributed by atoms with Crippen LogP contribution in [0.2, 0.25) is 0 Å². The van der Waals surface area contributed by atoms with E-state index in [9.17, 15) is 4.79 Å². The Morgan fingerprint density at radius 3 is 2.90 bits per heavy atom. The third kappa shape index (κ3) is 2.44. The Hall–Kier alpha value is -2.17. The van der Waals surface area contributed by atoms with E-state index in [0.717, 1.165) is 12.8 Å². The minimum absolute atomic E-state index is 0.158. The molecule has 1 aromatic carbocycles. The number of benzene rings is 1. The lowest BCUT2D eigenvalue weighted by atomic mass is 9.96. The van der Waals surface area contributed by atoms with Crippen LogP contribution in [0.3, 0.4) is 0 Å². The Labute approximate surface area is 123 Å². The predicted molar refractivity (Wildman–Crippen MR) is 76.1 cm³/mol. The number of aliphatic carboxylic acids is 1. The first-order chi connectivity index (χ1) is 10.1. The smallest absolute Gasteiger partial charge is 0.307 e. The normalized spacial score (nSPS) is 20.0. The Bertz CT molecular complexity index is 665. The first kappa shape index (κ1) is 13.8. The Kier molecular flexibility index (Phi) is 3.49. The molecule has 21 heavy (non-hydrogen) atoms. The second-order valence-electron chi connectivity index (χ2n) is 5.70. The van der Waals surface area contributed by atoms with Gasteiger partial charge in [0.25, 0.3) is 0 Å². The molecule has 1 aliphatic rings. The summed E-state index contributed by atoms with van der Waals surface area (Å²) in [5.74, 6) is -0.460. The highest BCUT2D eigenvalue weighted by atomic mass is 16.5. The van der Waals surface area contributed by atoms with Gasteiger partial charge in [0.15, 0.2) is 5.82 Å². The topological polar surface area (TPSA) is 76.2 Å². The van der Waals surface area contributed by atoms with Crippen LogP contribution in [0.15, 0.2) is 28.8 Å². The molecule has 0 bridgehead atoms. The molecule has 110 valence electrons. The fourth-order valence-electron chi connectivity index (χ4n) is 2.83. The summed E-state index contributed by atoms with van der Waals surface area (Å²) in [6.07, 6.45) is 1.99. The standard InChI is InChI=1S/C16H18N2O3/c1-9(10(2)16(19)20)15-17-14(18-21-15)13-8-7-11-5-3-4-6-12(11)13/h3-6,9-10,13H,7-8H2,1-2H3,(H,19,20). The largest absolute Gasteiger partial charge is 0.481 e. The fourth-order valence-corrected chi connectivity index (χ4v) is 2.83. The number of carboxylic acids is 1. The highest BCUT2D eigenvalue weighted by Gasteiger charge is 2.30. The van der Waals surface area contributed by atoms with Crippen LogP contribution < -0.4 is 0 Å². The van der Waals surface area contributed by atoms with E-state index in [1.54, 1.807) is 13.8 Å². The highest BCUT2D eigenvalue weighted by molar-refractivity contribution is 5.70. The molecule has 2 aromatic rings. The Morgan fingerprint density at radius 1 is 1.38 bits per heavy atom. The molecule has 0 amide bonds. The summed E-state index contributed by atoms with van der Waals surface area (Å²) in [6, 6.07) is 8.30. The molecule has 0 spiro atoms. The van der Waals surface area contributed by atoms with E-state index in [1.165, 1.54) is 11.1 Å². The maximum absolute atomic E-state index is 11.1. The van der Waals surface area contributed by atoms with Crippen molar-refractivity contribution in [1.82, 2.24) is 10.1 Å². The van der Waals surface area contributed by atoms with E-state index in [4.69, 9.17) is 9.63 Å². The molecule has 3 atom stereocenters. The van der Waals surface area contributed by atoms with Crippen LogP contribution in [0, 0.1) is 5.92 Å². The van der Waals surface area contributed by atoms with Crippen molar-refractivity contribution in [3.63, 3.8) is 0 Å². The summed E-state index contributed by atoms with van der Waals surface area (Å²) in [5.41, 5.74) is 2.59. The minimum atomic E-state index is -0.853. The van der Waals surface area contributed by atoms with Gasteiger partial charge in [-0.15, -0.1) is 0 Å². The SMILES string of the molecule is CC(C(=O)O)C(C)c1nc(C2CCc3ccccc32)no1. The summed E-state index contributed by atoms with van der Waals surface area (Å²) < 4.78 is 5.30. The van der Waals surface area contributed by atoms with Crippen molar-refractivity contribution < 1.29 is 14.4 Å². The molecule has 0 saturated heterocycles. The zero-order chi connectivity index (χ0) is 15.0. The molecule has 1 aromatic heterocycles. The van der Waals surface area contributed by atoms with Crippen LogP contribution in [0.5, 0.6) is 0 Å². The van der Waals surface area contributed by atoms with Crippen molar-refractivity contribution in [2.75, 3.05) is 0 Å². The Morgan fingerprint density at radius 2 is 2.14 bits per heavy atom. The lowest BCUT2D eigenvalue weighted by Crippen LogP contribution is -2.17. The number of hydrogen-bond donors (Lipinski definition) is 1.